The Kier molecular flexibility index (Phi) is 4.06. The minimum atomic E-state index is -0.797. The van der Waals surface area contributed by atoms with Gasteiger partial charge in [-0.25, -0.2) is 0 Å². The Balaban J connectivity index is 2.35. The fourth-order valence-corrected chi connectivity index (χ4v) is 1.06. The maximum Gasteiger partial charge on any atom is 0.304 e. The highest BCUT2D eigenvalue weighted by atomic mass is 16.5. The lowest BCUT2D eigenvalue weighted by Gasteiger charge is -2.16. The molecule has 0 aliphatic heterocycles. The van der Waals surface area contributed by atoms with Crippen LogP contribution in [0.15, 0.2) is 10.9 Å². The Labute approximate surface area is 81.5 Å². The highest BCUT2D eigenvalue weighted by Gasteiger charge is 2.09. The fraction of sp³-hybridized carbons (Fsp3) is 0.625. The average Bonchev–Trinajstić information content (AvgIpc) is 2.64. The van der Waals surface area contributed by atoms with Crippen LogP contribution >= 0.6 is 0 Å². The standard InChI is InChI=1S/C8H13N3O3/c1-2-11(4-3-8(12)13)5-7-9-6-10-14-7/h6H,2-5H2,1H3,(H,12,13). The van der Waals surface area contributed by atoms with E-state index in [9.17, 15) is 4.79 Å². The first-order valence-corrected chi connectivity index (χ1v) is 4.42. The van der Waals surface area contributed by atoms with Crippen LogP contribution in [0.3, 0.4) is 0 Å². The Morgan fingerprint density at radius 1 is 1.71 bits per heavy atom. The molecule has 78 valence electrons. The number of hydrogen-bond donors (Lipinski definition) is 1. The van der Waals surface area contributed by atoms with E-state index < -0.39 is 5.97 Å². The number of hydrogen-bond acceptors (Lipinski definition) is 5. The van der Waals surface area contributed by atoms with Gasteiger partial charge in [0.05, 0.1) is 13.0 Å². The summed E-state index contributed by atoms with van der Waals surface area (Å²) in [4.78, 5) is 16.1. The summed E-state index contributed by atoms with van der Waals surface area (Å²) in [6.45, 7) is 3.71. The van der Waals surface area contributed by atoms with E-state index in [1.165, 1.54) is 6.33 Å². The van der Waals surface area contributed by atoms with Crippen LogP contribution in [0.1, 0.15) is 19.2 Å². The third-order valence-corrected chi connectivity index (χ3v) is 1.85. The van der Waals surface area contributed by atoms with E-state index in [1.54, 1.807) is 0 Å². The van der Waals surface area contributed by atoms with Crippen molar-refractivity contribution in [2.75, 3.05) is 13.1 Å². The first-order chi connectivity index (χ1) is 6.72. The maximum absolute atomic E-state index is 10.3. The number of aliphatic carboxylic acids is 1. The van der Waals surface area contributed by atoms with Crippen molar-refractivity contribution in [1.29, 1.82) is 0 Å². The average molecular weight is 199 g/mol. The highest BCUT2D eigenvalue weighted by molar-refractivity contribution is 5.66. The first-order valence-electron chi connectivity index (χ1n) is 4.42. The van der Waals surface area contributed by atoms with E-state index in [0.717, 1.165) is 6.54 Å². The van der Waals surface area contributed by atoms with Crippen LogP contribution in [0.2, 0.25) is 0 Å². The Morgan fingerprint density at radius 3 is 3.00 bits per heavy atom. The van der Waals surface area contributed by atoms with Crippen molar-refractivity contribution in [2.45, 2.75) is 19.9 Å². The molecule has 0 spiro atoms. The van der Waals surface area contributed by atoms with Gasteiger partial charge >= 0.3 is 5.97 Å². The van der Waals surface area contributed by atoms with Crippen LogP contribution in [0.25, 0.3) is 0 Å². The van der Waals surface area contributed by atoms with Crippen LogP contribution in [0.4, 0.5) is 0 Å². The number of aromatic nitrogens is 2. The van der Waals surface area contributed by atoms with Crippen molar-refractivity contribution in [3.63, 3.8) is 0 Å². The van der Waals surface area contributed by atoms with Gasteiger partial charge in [0, 0.05) is 6.54 Å². The van der Waals surface area contributed by atoms with E-state index >= 15 is 0 Å². The summed E-state index contributed by atoms with van der Waals surface area (Å²) in [7, 11) is 0. The van der Waals surface area contributed by atoms with Crippen molar-refractivity contribution < 1.29 is 14.4 Å². The molecule has 0 bridgehead atoms. The predicted molar refractivity (Wildman–Crippen MR) is 47.5 cm³/mol. The molecule has 6 nitrogen and oxygen atoms in total. The molecule has 0 aliphatic rings. The molecule has 0 radical (unpaired) electrons. The number of carbonyl (C=O) groups is 1. The van der Waals surface area contributed by atoms with Crippen molar-refractivity contribution in [1.82, 2.24) is 15.0 Å². The van der Waals surface area contributed by atoms with Crippen LogP contribution in [0.5, 0.6) is 0 Å². The largest absolute Gasteiger partial charge is 0.481 e. The second kappa shape index (κ2) is 5.33. The SMILES string of the molecule is CCN(CCC(=O)O)Cc1ncno1. The first kappa shape index (κ1) is 10.6. The zero-order valence-electron chi connectivity index (χ0n) is 8.01. The third kappa shape index (κ3) is 3.53. The highest BCUT2D eigenvalue weighted by Crippen LogP contribution is 2.00. The van der Waals surface area contributed by atoms with Gasteiger partial charge in [-0.05, 0) is 6.54 Å². The molecule has 1 heterocycles. The molecule has 0 saturated heterocycles. The molecule has 0 aromatic carbocycles. The minimum absolute atomic E-state index is 0.127. The van der Waals surface area contributed by atoms with Gasteiger partial charge < -0.3 is 9.63 Å². The number of rotatable bonds is 6. The summed E-state index contributed by atoms with van der Waals surface area (Å²) in [5.41, 5.74) is 0. The maximum atomic E-state index is 10.3. The zero-order chi connectivity index (χ0) is 10.4. The summed E-state index contributed by atoms with van der Waals surface area (Å²) >= 11 is 0. The smallest absolute Gasteiger partial charge is 0.304 e. The molecular weight excluding hydrogens is 186 g/mol. The summed E-state index contributed by atoms with van der Waals surface area (Å²) in [6, 6.07) is 0. The fourth-order valence-electron chi connectivity index (χ4n) is 1.06. The molecule has 0 amide bonds. The molecule has 1 aromatic heterocycles. The lowest BCUT2D eigenvalue weighted by molar-refractivity contribution is -0.137. The molecule has 0 fully saturated rings. The predicted octanol–water partition coefficient (Wildman–Crippen LogP) is 0.366. The van der Waals surface area contributed by atoms with Gasteiger partial charge in [0.2, 0.25) is 5.89 Å². The summed E-state index contributed by atoms with van der Waals surface area (Å²) in [5.74, 6) is -0.286. The van der Waals surface area contributed by atoms with E-state index in [2.05, 4.69) is 10.1 Å². The van der Waals surface area contributed by atoms with Gasteiger partial charge in [-0.3, -0.25) is 9.69 Å². The summed E-state index contributed by atoms with van der Waals surface area (Å²) < 4.78 is 4.82. The Bertz CT molecular complexity index is 273. The van der Waals surface area contributed by atoms with E-state index in [-0.39, 0.29) is 6.42 Å². The molecule has 6 heteroatoms. The number of nitrogens with zero attached hydrogens (tertiary/aromatic N) is 3. The van der Waals surface area contributed by atoms with Gasteiger partial charge in [0.25, 0.3) is 0 Å². The molecule has 0 atom stereocenters. The van der Waals surface area contributed by atoms with Crippen molar-refractivity contribution >= 4 is 5.97 Å². The van der Waals surface area contributed by atoms with Gasteiger partial charge in [-0.15, -0.1) is 0 Å². The van der Waals surface area contributed by atoms with Crippen molar-refractivity contribution in [3.05, 3.63) is 12.2 Å². The monoisotopic (exact) mass is 199 g/mol. The van der Waals surface area contributed by atoms with Gasteiger partial charge in [0.1, 0.15) is 0 Å². The molecule has 0 unspecified atom stereocenters. The quantitative estimate of drug-likeness (QED) is 0.712. The normalized spacial score (nSPS) is 10.7. The second-order valence-electron chi connectivity index (χ2n) is 2.85. The van der Waals surface area contributed by atoms with Crippen LogP contribution in [-0.2, 0) is 11.3 Å². The molecule has 0 saturated carbocycles. The van der Waals surface area contributed by atoms with Crippen LogP contribution in [0, 0.1) is 0 Å². The van der Waals surface area contributed by atoms with Gasteiger partial charge in [-0.1, -0.05) is 12.1 Å². The van der Waals surface area contributed by atoms with Crippen molar-refractivity contribution in [2.24, 2.45) is 0 Å². The third-order valence-electron chi connectivity index (χ3n) is 1.85. The molecule has 1 N–H and O–H groups in total. The Morgan fingerprint density at radius 2 is 2.50 bits per heavy atom. The second-order valence-corrected chi connectivity index (χ2v) is 2.85. The van der Waals surface area contributed by atoms with Gasteiger partial charge in [0.15, 0.2) is 6.33 Å². The molecular formula is C8H13N3O3. The molecule has 0 aliphatic carbocycles. The number of carboxylic acid groups (broad SMARTS) is 1. The number of carboxylic acids is 1. The Hall–Kier alpha value is -1.43. The molecule has 1 rings (SSSR count). The van der Waals surface area contributed by atoms with E-state index in [4.69, 9.17) is 9.63 Å². The summed E-state index contributed by atoms with van der Waals surface area (Å²) in [6.07, 6.45) is 1.46. The topological polar surface area (TPSA) is 79.5 Å². The van der Waals surface area contributed by atoms with E-state index in [1.807, 2.05) is 11.8 Å². The van der Waals surface area contributed by atoms with Crippen LogP contribution < -0.4 is 0 Å². The van der Waals surface area contributed by atoms with Crippen LogP contribution in [-0.4, -0.2) is 39.2 Å². The molecule has 1 aromatic rings. The minimum Gasteiger partial charge on any atom is -0.481 e. The zero-order valence-corrected chi connectivity index (χ0v) is 8.01. The lowest BCUT2D eigenvalue weighted by atomic mass is 10.3. The van der Waals surface area contributed by atoms with Gasteiger partial charge in [-0.2, -0.15) is 4.98 Å². The molecule has 14 heavy (non-hydrogen) atoms. The van der Waals surface area contributed by atoms with E-state index in [0.29, 0.717) is 19.0 Å². The summed E-state index contributed by atoms with van der Waals surface area (Å²) in [5, 5.41) is 12.0. The lowest BCUT2D eigenvalue weighted by Crippen LogP contribution is -2.25. The van der Waals surface area contributed by atoms with Crippen molar-refractivity contribution in [3.8, 4) is 0 Å².